The summed E-state index contributed by atoms with van der Waals surface area (Å²) >= 11 is 0. The van der Waals surface area contributed by atoms with E-state index in [-0.39, 0.29) is 12.1 Å². The van der Waals surface area contributed by atoms with Gasteiger partial charge in [-0.25, -0.2) is 4.79 Å². The molecule has 1 aliphatic heterocycles. The van der Waals surface area contributed by atoms with Gasteiger partial charge in [0.05, 0.1) is 11.9 Å². The van der Waals surface area contributed by atoms with E-state index >= 15 is 0 Å². The second-order valence-electron chi connectivity index (χ2n) is 6.97. The number of nitrogens with one attached hydrogen (secondary N) is 1. The largest absolute Gasteiger partial charge is 0.444 e. The third-order valence-corrected chi connectivity index (χ3v) is 3.88. The summed E-state index contributed by atoms with van der Waals surface area (Å²) in [5.41, 5.74) is 0.612. The van der Waals surface area contributed by atoms with Crippen LogP contribution in [0.4, 0.5) is 4.79 Å². The maximum Gasteiger partial charge on any atom is 0.410 e. The molecule has 0 aliphatic carbocycles. The molecule has 0 radical (unpaired) electrons. The highest BCUT2D eigenvalue weighted by Crippen LogP contribution is 2.20. The second-order valence-corrected chi connectivity index (χ2v) is 6.97. The Morgan fingerprint density at radius 1 is 1.50 bits per heavy atom. The average Bonchev–Trinajstić information content (AvgIpc) is 2.80. The molecule has 0 aromatic carbocycles. The Morgan fingerprint density at radius 3 is 2.77 bits per heavy atom. The van der Waals surface area contributed by atoms with Crippen molar-refractivity contribution in [1.82, 2.24) is 25.2 Å². The van der Waals surface area contributed by atoms with Gasteiger partial charge in [0.2, 0.25) is 0 Å². The van der Waals surface area contributed by atoms with E-state index in [0.717, 1.165) is 31.6 Å². The van der Waals surface area contributed by atoms with Crippen molar-refractivity contribution in [2.75, 3.05) is 6.54 Å². The lowest BCUT2D eigenvalue weighted by molar-refractivity contribution is 0.00930. The van der Waals surface area contributed by atoms with Crippen LogP contribution in [0.1, 0.15) is 46.2 Å². The number of carbonyl (C=O) groups excluding carboxylic acids is 1. The van der Waals surface area contributed by atoms with Crippen LogP contribution >= 0.6 is 0 Å². The Hall–Kier alpha value is -1.63. The summed E-state index contributed by atoms with van der Waals surface area (Å²) in [4.78, 5) is 14.0. The zero-order valence-corrected chi connectivity index (χ0v) is 14.2. The fourth-order valence-corrected chi connectivity index (χ4v) is 2.67. The number of carbonyl (C=O) groups is 1. The van der Waals surface area contributed by atoms with E-state index in [2.05, 4.69) is 22.6 Å². The first kappa shape index (κ1) is 16.7. The molecule has 0 bridgehead atoms. The number of likely N-dealkylation sites (tertiary alicyclic amines) is 1. The molecule has 1 aromatic heterocycles. The third-order valence-electron chi connectivity index (χ3n) is 3.88. The van der Waals surface area contributed by atoms with Gasteiger partial charge in [0, 0.05) is 32.2 Å². The molecule has 1 aromatic rings. The van der Waals surface area contributed by atoms with Crippen LogP contribution in [0.15, 0.2) is 6.20 Å². The molecular weight excluding hydrogens is 282 g/mol. The number of rotatable bonds is 3. The summed E-state index contributed by atoms with van der Waals surface area (Å²) in [6, 6.07) is 0.564. The van der Waals surface area contributed by atoms with Crippen molar-refractivity contribution in [1.29, 1.82) is 0 Å². The molecule has 0 spiro atoms. The standard InChI is InChI=1S/C15H27N5O2/c1-11-8-12(16-9-13-10-17-18-19(13)5)6-7-20(11)14(21)22-15(2,3)4/h10-12,16H,6-9H2,1-5H3. The number of nitrogens with zero attached hydrogens (tertiary/aromatic N) is 4. The number of hydrogen-bond acceptors (Lipinski definition) is 5. The Labute approximate surface area is 132 Å². The maximum atomic E-state index is 12.2. The molecule has 2 rings (SSSR count). The topological polar surface area (TPSA) is 72.3 Å². The quantitative estimate of drug-likeness (QED) is 0.920. The fraction of sp³-hybridized carbons (Fsp3) is 0.800. The number of ether oxygens (including phenoxy) is 1. The lowest BCUT2D eigenvalue weighted by Gasteiger charge is -2.38. The fourth-order valence-electron chi connectivity index (χ4n) is 2.67. The highest BCUT2D eigenvalue weighted by molar-refractivity contribution is 5.68. The van der Waals surface area contributed by atoms with Gasteiger partial charge in [-0.2, -0.15) is 0 Å². The van der Waals surface area contributed by atoms with E-state index in [0.29, 0.717) is 6.04 Å². The van der Waals surface area contributed by atoms with E-state index in [4.69, 9.17) is 4.74 Å². The normalized spacial score (nSPS) is 22.7. The molecule has 1 saturated heterocycles. The molecule has 2 heterocycles. The predicted molar refractivity (Wildman–Crippen MR) is 83.3 cm³/mol. The van der Waals surface area contributed by atoms with E-state index < -0.39 is 5.60 Å². The van der Waals surface area contributed by atoms with Gasteiger partial charge in [0.15, 0.2) is 0 Å². The summed E-state index contributed by atoms with van der Waals surface area (Å²) in [5, 5.41) is 11.3. The number of piperidine rings is 1. The Kier molecular flexibility index (Phi) is 5.05. The van der Waals surface area contributed by atoms with Gasteiger partial charge in [0.25, 0.3) is 0 Å². The molecular formula is C15H27N5O2. The predicted octanol–water partition coefficient (Wildman–Crippen LogP) is 1.69. The van der Waals surface area contributed by atoms with Gasteiger partial charge in [-0.3, -0.25) is 4.68 Å². The van der Waals surface area contributed by atoms with Gasteiger partial charge in [0.1, 0.15) is 5.60 Å². The van der Waals surface area contributed by atoms with E-state index in [1.165, 1.54) is 0 Å². The van der Waals surface area contributed by atoms with Crippen LogP contribution in [0, 0.1) is 0 Å². The van der Waals surface area contributed by atoms with E-state index in [9.17, 15) is 4.79 Å². The van der Waals surface area contributed by atoms with Crippen molar-refractivity contribution < 1.29 is 9.53 Å². The molecule has 7 heteroatoms. The van der Waals surface area contributed by atoms with E-state index in [1.807, 2.05) is 32.7 Å². The van der Waals surface area contributed by atoms with Gasteiger partial charge in [-0.15, -0.1) is 5.10 Å². The molecule has 1 N–H and O–H groups in total. The summed E-state index contributed by atoms with van der Waals surface area (Å²) in [5.74, 6) is 0. The molecule has 1 fully saturated rings. The molecule has 124 valence electrons. The lowest BCUT2D eigenvalue weighted by Crippen LogP contribution is -2.51. The van der Waals surface area contributed by atoms with Crippen LogP contribution in [0.2, 0.25) is 0 Å². The highest BCUT2D eigenvalue weighted by Gasteiger charge is 2.31. The Bertz CT molecular complexity index is 508. The van der Waals surface area contributed by atoms with Crippen molar-refractivity contribution in [3.63, 3.8) is 0 Å². The average molecular weight is 309 g/mol. The van der Waals surface area contributed by atoms with Crippen molar-refractivity contribution in [3.05, 3.63) is 11.9 Å². The SMILES string of the molecule is CC1CC(NCc2cnnn2C)CCN1C(=O)OC(C)(C)C. The molecule has 1 aliphatic rings. The van der Waals surface area contributed by atoms with Crippen molar-refractivity contribution in [3.8, 4) is 0 Å². The molecule has 22 heavy (non-hydrogen) atoms. The van der Waals surface area contributed by atoms with Crippen LogP contribution in [0.5, 0.6) is 0 Å². The molecule has 0 saturated carbocycles. The minimum Gasteiger partial charge on any atom is -0.444 e. The zero-order valence-electron chi connectivity index (χ0n) is 14.2. The minimum absolute atomic E-state index is 0.172. The Morgan fingerprint density at radius 2 is 2.23 bits per heavy atom. The molecule has 2 unspecified atom stereocenters. The maximum absolute atomic E-state index is 12.2. The minimum atomic E-state index is -0.446. The highest BCUT2D eigenvalue weighted by atomic mass is 16.6. The Balaban J connectivity index is 1.82. The number of amides is 1. The first-order chi connectivity index (χ1) is 10.3. The van der Waals surface area contributed by atoms with Crippen molar-refractivity contribution in [2.45, 2.75) is 64.8 Å². The first-order valence-corrected chi connectivity index (χ1v) is 7.83. The third kappa shape index (κ3) is 4.43. The molecule has 1 amide bonds. The zero-order chi connectivity index (χ0) is 16.3. The number of aromatic nitrogens is 3. The second kappa shape index (κ2) is 6.64. The van der Waals surface area contributed by atoms with Gasteiger partial charge in [-0.1, -0.05) is 5.21 Å². The number of aryl methyl sites for hydroxylation is 1. The van der Waals surface area contributed by atoms with Crippen LogP contribution in [0.3, 0.4) is 0 Å². The van der Waals surface area contributed by atoms with Gasteiger partial charge >= 0.3 is 6.09 Å². The monoisotopic (exact) mass is 309 g/mol. The molecule has 7 nitrogen and oxygen atoms in total. The number of hydrogen-bond donors (Lipinski definition) is 1. The van der Waals surface area contributed by atoms with E-state index in [1.54, 1.807) is 10.9 Å². The van der Waals surface area contributed by atoms with Crippen LogP contribution < -0.4 is 5.32 Å². The van der Waals surface area contributed by atoms with Crippen molar-refractivity contribution in [2.24, 2.45) is 7.05 Å². The smallest absolute Gasteiger partial charge is 0.410 e. The van der Waals surface area contributed by atoms with Gasteiger partial charge in [-0.05, 0) is 40.5 Å². The van der Waals surface area contributed by atoms with Crippen LogP contribution in [0.25, 0.3) is 0 Å². The van der Waals surface area contributed by atoms with Crippen LogP contribution in [-0.4, -0.2) is 50.2 Å². The first-order valence-electron chi connectivity index (χ1n) is 7.83. The summed E-state index contributed by atoms with van der Waals surface area (Å²) in [6.07, 6.45) is 3.40. The van der Waals surface area contributed by atoms with Crippen LogP contribution in [-0.2, 0) is 18.3 Å². The summed E-state index contributed by atoms with van der Waals surface area (Å²) < 4.78 is 7.23. The van der Waals surface area contributed by atoms with Gasteiger partial charge < -0.3 is 15.0 Å². The van der Waals surface area contributed by atoms with Crippen molar-refractivity contribution >= 4 is 6.09 Å². The molecule has 2 atom stereocenters. The lowest BCUT2D eigenvalue weighted by atomic mass is 9.98. The summed E-state index contributed by atoms with van der Waals surface area (Å²) in [7, 11) is 1.89. The summed E-state index contributed by atoms with van der Waals surface area (Å²) in [6.45, 7) is 9.22.